The largest absolute Gasteiger partial charge is 0.475 e. The second-order valence-corrected chi connectivity index (χ2v) is 7.68. The Bertz CT molecular complexity index is 831. The van der Waals surface area contributed by atoms with Crippen molar-refractivity contribution in [3.05, 3.63) is 16.9 Å². The number of aromatic nitrogens is 4. The van der Waals surface area contributed by atoms with Crippen LogP contribution in [0.4, 0.5) is 17.5 Å². The van der Waals surface area contributed by atoms with Crippen molar-refractivity contribution in [2.75, 3.05) is 37.0 Å². The molecule has 1 saturated heterocycles. The lowest BCUT2D eigenvalue weighted by atomic mass is 10.1. The van der Waals surface area contributed by atoms with Gasteiger partial charge in [0, 0.05) is 25.7 Å². The number of hydrogen-bond donors (Lipinski definition) is 2. The molecule has 2 N–H and O–H groups in total. The van der Waals surface area contributed by atoms with Gasteiger partial charge in [0.2, 0.25) is 5.95 Å². The van der Waals surface area contributed by atoms with Gasteiger partial charge in [-0.15, -0.1) is 5.10 Å². The highest BCUT2D eigenvalue weighted by molar-refractivity contribution is 6.32. The van der Waals surface area contributed by atoms with Crippen LogP contribution >= 0.6 is 11.6 Å². The summed E-state index contributed by atoms with van der Waals surface area (Å²) in [7, 11) is 0. The van der Waals surface area contributed by atoms with E-state index in [1.807, 2.05) is 0 Å². The monoisotopic (exact) mass is 390 g/mol. The smallest absolute Gasteiger partial charge is 0.257 e. The van der Waals surface area contributed by atoms with Crippen LogP contribution in [0.3, 0.4) is 0 Å². The highest BCUT2D eigenvalue weighted by Crippen LogP contribution is 2.48. The minimum atomic E-state index is 0.350. The van der Waals surface area contributed by atoms with Crippen LogP contribution in [0.1, 0.15) is 49.8 Å². The molecule has 2 aromatic heterocycles. The molecule has 2 aromatic rings. The summed E-state index contributed by atoms with van der Waals surface area (Å²) >= 11 is 6.21. The number of anilines is 3. The predicted octanol–water partition coefficient (Wildman–Crippen LogP) is 3.49. The van der Waals surface area contributed by atoms with Crippen molar-refractivity contribution in [1.29, 1.82) is 0 Å². The van der Waals surface area contributed by atoms with Crippen LogP contribution < -0.4 is 15.4 Å². The molecular formula is C18H23ClN6O2. The zero-order valence-corrected chi connectivity index (χ0v) is 15.8. The van der Waals surface area contributed by atoms with Gasteiger partial charge < -0.3 is 20.1 Å². The standard InChI is InChI=1S/C18H23ClN6O2/c19-13-10-21-18-22-14-15(11-2-3-11)25(12-4-8-26-9-5-12)24-17(14)27-7-1-6-20-16(13)23-18/h10-12H,1-9H2,(H2,20,21,22,23). The zero-order chi connectivity index (χ0) is 18.2. The molecule has 0 aromatic carbocycles. The Hall–Kier alpha value is -2.06. The zero-order valence-electron chi connectivity index (χ0n) is 15.1. The minimum absolute atomic E-state index is 0.350. The molecule has 0 atom stereocenters. The van der Waals surface area contributed by atoms with Gasteiger partial charge in [0.15, 0.2) is 5.82 Å². The molecule has 9 heteroatoms. The minimum Gasteiger partial charge on any atom is -0.475 e. The maximum Gasteiger partial charge on any atom is 0.257 e. The first kappa shape index (κ1) is 17.1. The molecule has 8 nitrogen and oxygen atoms in total. The first-order valence-corrected chi connectivity index (χ1v) is 10.0. The lowest BCUT2D eigenvalue weighted by Crippen LogP contribution is -2.22. The van der Waals surface area contributed by atoms with Crippen LogP contribution in [0.2, 0.25) is 5.02 Å². The molecule has 4 heterocycles. The summed E-state index contributed by atoms with van der Waals surface area (Å²) in [5.74, 6) is 2.30. The summed E-state index contributed by atoms with van der Waals surface area (Å²) in [6, 6.07) is 0.350. The molecule has 3 aliphatic rings. The van der Waals surface area contributed by atoms with E-state index < -0.39 is 0 Å². The second kappa shape index (κ2) is 7.16. The molecule has 1 aliphatic carbocycles. The van der Waals surface area contributed by atoms with Gasteiger partial charge in [-0.1, -0.05) is 11.6 Å². The van der Waals surface area contributed by atoms with Crippen molar-refractivity contribution >= 4 is 29.1 Å². The van der Waals surface area contributed by atoms with Gasteiger partial charge in [-0.3, -0.25) is 4.68 Å². The highest BCUT2D eigenvalue weighted by Gasteiger charge is 2.36. The van der Waals surface area contributed by atoms with Crippen molar-refractivity contribution < 1.29 is 9.47 Å². The molecule has 0 spiro atoms. The summed E-state index contributed by atoms with van der Waals surface area (Å²) in [4.78, 5) is 8.89. The third-order valence-electron chi connectivity index (χ3n) is 5.25. The summed E-state index contributed by atoms with van der Waals surface area (Å²) in [5.41, 5.74) is 2.11. The van der Waals surface area contributed by atoms with Crippen molar-refractivity contribution in [2.45, 2.75) is 44.1 Å². The molecule has 5 rings (SSSR count). The summed E-state index contributed by atoms with van der Waals surface area (Å²) in [6.45, 7) is 2.87. The van der Waals surface area contributed by atoms with E-state index in [-0.39, 0.29) is 0 Å². The van der Waals surface area contributed by atoms with Crippen LogP contribution in [0.5, 0.6) is 5.88 Å². The van der Waals surface area contributed by atoms with Crippen LogP contribution in [-0.2, 0) is 4.74 Å². The Morgan fingerprint density at radius 2 is 2.00 bits per heavy atom. The first-order chi connectivity index (χ1) is 13.3. The Balaban J connectivity index is 1.57. The van der Waals surface area contributed by atoms with Crippen molar-refractivity contribution in [3.63, 3.8) is 0 Å². The Morgan fingerprint density at radius 1 is 1.15 bits per heavy atom. The molecule has 2 bridgehead atoms. The molecule has 2 aliphatic heterocycles. The summed E-state index contributed by atoms with van der Waals surface area (Å²) < 4.78 is 13.8. The number of ether oxygens (including phenoxy) is 2. The van der Waals surface area contributed by atoms with Crippen LogP contribution in [0.25, 0.3) is 0 Å². The van der Waals surface area contributed by atoms with E-state index in [9.17, 15) is 0 Å². The Labute approximate surface area is 162 Å². The van der Waals surface area contributed by atoms with Crippen molar-refractivity contribution in [2.24, 2.45) is 0 Å². The number of fused-ring (bicyclic) bond motifs is 3. The van der Waals surface area contributed by atoms with Crippen LogP contribution in [-0.4, -0.2) is 46.1 Å². The van der Waals surface area contributed by atoms with Gasteiger partial charge in [-0.05, 0) is 32.1 Å². The fourth-order valence-corrected chi connectivity index (χ4v) is 3.87. The van der Waals surface area contributed by atoms with Crippen LogP contribution in [0.15, 0.2) is 6.20 Å². The third kappa shape index (κ3) is 3.43. The third-order valence-corrected chi connectivity index (χ3v) is 5.53. The molecule has 0 unspecified atom stereocenters. The molecular weight excluding hydrogens is 368 g/mol. The summed E-state index contributed by atoms with van der Waals surface area (Å²) in [5, 5.41) is 12.0. The molecule has 1 saturated carbocycles. The highest BCUT2D eigenvalue weighted by atomic mass is 35.5. The van der Waals surface area contributed by atoms with Gasteiger partial charge in [-0.25, -0.2) is 4.98 Å². The molecule has 2 fully saturated rings. The van der Waals surface area contributed by atoms with E-state index in [2.05, 4.69) is 25.3 Å². The lowest BCUT2D eigenvalue weighted by Gasteiger charge is -2.24. The average Bonchev–Trinajstić information content (AvgIpc) is 3.47. The fourth-order valence-electron chi connectivity index (χ4n) is 3.71. The van der Waals surface area contributed by atoms with E-state index in [0.29, 0.717) is 41.2 Å². The van der Waals surface area contributed by atoms with E-state index in [1.165, 1.54) is 18.5 Å². The molecule has 144 valence electrons. The second-order valence-electron chi connectivity index (χ2n) is 7.27. The number of halogens is 1. The number of nitrogens with one attached hydrogen (secondary N) is 2. The molecule has 27 heavy (non-hydrogen) atoms. The van der Waals surface area contributed by atoms with Gasteiger partial charge in [0.1, 0.15) is 10.7 Å². The van der Waals surface area contributed by atoms with Gasteiger partial charge in [0.25, 0.3) is 5.88 Å². The SMILES string of the molecule is Clc1cnc2nc1NCCCOc1nn(C3CCOCC3)c(C3CC3)c1N2. The van der Waals surface area contributed by atoms with Crippen molar-refractivity contribution in [3.8, 4) is 5.88 Å². The maximum absolute atomic E-state index is 6.21. The number of hydrogen-bond acceptors (Lipinski definition) is 7. The van der Waals surface area contributed by atoms with E-state index >= 15 is 0 Å². The molecule has 0 radical (unpaired) electrons. The average molecular weight is 391 g/mol. The van der Waals surface area contributed by atoms with Crippen molar-refractivity contribution in [1.82, 2.24) is 19.7 Å². The van der Waals surface area contributed by atoms with E-state index in [0.717, 1.165) is 44.7 Å². The number of nitrogens with zero attached hydrogens (tertiary/aromatic N) is 4. The normalized spacial score (nSPS) is 20.6. The Kier molecular flexibility index (Phi) is 4.53. The molecule has 0 amide bonds. The predicted molar refractivity (Wildman–Crippen MR) is 102 cm³/mol. The van der Waals surface area contributed by atoms with Gasteiger partial charge >= 0.3 is 0 Å². The number of rotatable bonds is 2. The Morgan fingerprint density at radius 3 is 2.81 bits per heavy atom. The van der Waals surface area contributed by atoms with Crippen LogP contribution in [0, 0.1) is 0 Å². The van der Waals surface area contributed by atoms with Gasteiger partial charge in [-0.2, -0.15) is 4.98 Å². The van der Waals surface area contributed by atoms with Gasteiger partial charge in [0.05, 0.1) is 24.5 Å². The topological polar surface area (TPSA) is 86.1 Å². The summed E-state index contributed by atoms with van der Waals surface area (Å²) in [6.07, 6.45) is 6.77. The fraction of sp³-hybridized carbons (Fsp3) is 0.611. The van der Waals surface area contributed by atoms with E-state index in [1.54, 1.807) is 6.20 Å². The quantitative estimate of drug-likeness (QED) is 0.811. The maximum atomic E-state index is 6.21. The first-order valence-electron chi connectivity index (χ1n) is 9.66. The van der Waals surface area contributed by atoms with E-state index in [4.69, 9.17) is 26.2 Å². The lowest BCUT2D eigenvalue weighted by molar-refractivity contribution is 0.0650.